The van der Waals surface area contributed by atoms with E-state index >= 15 is 0 Å². The van der Waals surface area contributed by atoms with Gasteiger partial charge in [-0.1, -0.05) is 18.2 Å². The summed E-state index contributed by atoms with van der Waals surface area (Å²) in [4.78, 5) is 11.3. The van der Waals surface area contributed by atoms with Crippen molar-refractivity contribution < 1.29 is 35.7 Å². The zero-order valence-electron chi connectivity index (χ0n) is 13.4. The van der Waals surface area contributed by atoms with Crippen molar-refractivity contribution in [3.05, 3.63) is 60.9 Å². The second-order valence-corrected chi connectivity index (χ2v) is 5.49. The number of amides is 1. The first-order chi connectivity index (χ1) is 11.7. The highest BCUT2D eigenvalue weighted by Crippen LogP contribution is 2.35. The molecule has 0 saturated carbocycles. The van der Waals surface area contributed by atoms with E-state index in [0.717, 1.165) is 21.7 Å². The predicted octanol–water partition coefficient (Wildman–Crippen LogP) is 0.202. The fourth-order valence-corrected chi connectivity index (χ4v) is 3.03. The molecule has 5 nitrogen and oxygen atoms in total. The fraction of sp³-hybridized carbons (Fsp3) is 0.0526. The lowest BCUT2D eigenvalue weighted by molar-refractivity contribution is -0.509. The zero-order chi connectivity index (χ0) is 16.7. The molecular weight excluding hydrogens is 384 g/mol. The molecule has 0 fully saturated rings. The van der Waals surface area contributed by atoms with E-state index in [9.17, 15) is 4.79 Å². The van der Waals surface area contributed by atoms with Crippen LogP contribution in [-0.4, -0.2) is 13.2 Å². The van der Waals surface area contributed by atoms with Gasteiger partial charge in [-0.15, -0.1) is 0 Å². The number of nitrogens with two attached hydrogens (primary N) is 1. The molecule has 0 bridgehead atoms. The Balaban J connectivity index is 0.00000182. The molecule has 25 heavy (non-hydrogen) atoms. The van der Waals surface area contributed by atoms with Crippen molar-refractivity contribution in [2.75, 3.05) is 7.11 Å². The average molecular weight is 399 g/mol. The van der Waals surface area contributed by atoms with E-state index in [1.54, 1.807) is 6.07 Å². The maximum atomic E-state index is 11.3. The van der Waals surface area contributed by atoms with Crippen LogP contribution in [0.1, 0.15) is 0 Å². The van der Waals surface area contributed by atoms with Crippen molar-refractivity contribution in [3.63, 3.8) is 0 Å². The van der Waals surface area contributed by atoms with Crippen LogP contribution in [0, 0.1) is 0 Å². The standard InChI is InChI=1S/C19H14N2O3.BrH/c1-23-17-7-6-13-10-16-14-5-3-2-4-12(14)8-9-21(16)11-15(13)18(17)24-19(20)22;/h2-11H,1H3,(H-,20,22);1H. The maximum absolute atomic E-state index is 11.3. The molecule has 2 heterocycles. The number of carbonyl (C=O) groups is 1. The Morgan fingerprint density at radius 1 is 1.04 bits per heavy atom. The summed E-state index contributed by atoms with van der Waals surface area (Å²) in [5, 5.41) is 4.00. The Labute approximate surface area is 154 Å². The first-order valence-corrected chi connectivity index (χ1v) is 7.48. The number of aromatic nitrogens is 1. The predicted molar refractivity (Wildman–Crippen MR) is 91.4 cm³/mol. The third kappa shape index (κ3) is 2.85. The van der Waals surface area contributed by atoms with Crippen molar-refractivity contribution in [1.82, 2.24) is 0 Å². The summed E-state index contributed by atoms with van der Waals surface area (Å²) < 4.78 is 12.5. The van der Waals surface area contributed by atoms with Gasteiger partial charge in [0.25, 0.3) is 0 Å². The summed E-state index contributed by atoms with van der Waals surface area (Å²) in [5.41, 5.74) is 6.27. The van der Waals surface area contributed by atoms with Crippen molar-refractivity contribution in [2.45, 2.75) is 0 Å². The molecule has 2 N–H and O–H groups in total. The van der Waals surface area contributed by atoms with Gasteiger partial charge < -0.3 is 32.2 Å². The monoisotopic (exact) mass is 398 g/mol. The molecule has 1 amide bonds. The number of ether oxygens (including phenoxy) is 2. The largest absolute Gasteiger partial charge is 1.00 e. The van der Waals surface area contributed by atoms with E-state index in [-0.39, 0.29) is 17.0 Å². The minimum atomic E-state index is -0.871. The van der Waals surface area contributed by atoms with Gasteiger partial charge in [-0.05, 0) is 29.0 Å². The van der Waals surface area contributed by atoms with Gasteiger partial charge >= 0.3 is 6.09 Å². The van der Waals surface area contributed by atoms with Gasteiger partial charge in [-0.25, -0.2) is 4.79 Å². The Kier molecular flexibility index (Phi) is 4.46. The highest BCUT2D eigenvalue weighted by molar-refractivity contribution is 5.99. The topological polar surface area (TPSA) is 65.7 Å². The van der Waals surface area contributed by atoms with Crippen LogP contribution in [-0.2, 0) is 0 Å². The molecule has 126 valence electrons. The summed E-state index contributed by atoms with van der Waals surface area (Å²) >= 11 is 0. The number of fused-ring (bicyclic) bond motifs is 4. The number of rotatable bonds is 2. The third-order valence-electron chi connectivity index (χ3n) is 4.11. The number of benzene rings is 2. The van der Waals surface area contributed by atoms with Crippen LogP contribution >= 0.6 is 0 Å². The number of hydrogen-bond donors (Lipinski definition) is 1. The van der Waals surface area contributed by atoms with Crippen molar-refractivity contribution >= 4 is 33.2 Å². The summed E-state index contributed by atoms with van der Waals surface area (Å²) in [5.74, 6) is 0.784. The molecule has 0 aliphatic carbocycles. The van der Waals surface area contributed by atoms with E-state index in [0.29, 0.717) is 11.5 Å². The minimum absolute atomic E-state index is 0. The first-order valence-electron chi connectivity index (χ1n) is 7.48. The molecule has 2 aromatic carbocycles. The number of halogens is 1. The summed E-state index contributed by atoms with van der Waals surface area (Å²) in [6, 6.07) is 16.0. The molecule has 0 aliphatic heterocycles. The van der Waals surface area contributed by atoms with Gasteiger partial charge in [0.2, 0.25) is 5.52 Å². The number of nitrogens with zero attached hydrogens (tertiary/aromatic N) is 1. The van der Waals surface area contributed by atoms with Gasteiger partial charge in [-0.2, -0.15) is 4.40 Å². The lowest BCUT2D eigenvalue weighted by Gasteiger charge is -2.10. The fourth-order valence-electron chi connectivity index (χ4n) is 3.03. The van der Waals surface area contributed by atoms with Crippen LogP contribution in [0.2, 0.25) is 0 Å². The number of pyridine rings is 2. The summed E-state index contributed by atoms with van der Waals surface area (Å²) in [7, 11) is 1.52. The molecule has 0 unspecified atom stereocenters. The normalized spacial score (nSPS) is 10.6. The Morgan fingerprint density at radius 2 is 1.84 bits per heavy atom. The zero-order valence-corrected chi connectivity index (χ0v) is 15.0. The molecule has 0 saturated heterocycles. The Morgan fingerprint density at radius 3 is 2.60 bits per heavy atom. The van der Waals surface area contributed by atoms with Gasteiger partial charge in [0.1, 0.15) is 0 Å². The third-order valence-corrected chi connectivity index (χ3v) is 4.11. The summed E-state index contributed by atoms with van der Waals surface area (Å²) in [6.45, 7) is 0. The number of carbonyl (C=O) groups excluding carboxylic acids is 1. The molecule has 0 atom stereocenters. The smallest absolute Gasteiger partial charge is 0.410 e. The first kappa shape index (κ1) is 17.0. The number of methoxy groups -OCH3 is 1. The highest BCUT2D eigenvalue weighted by Gasteiger charge is 2.17. The molecule has 6 heteroatoms. The van der Waals surface area contributed by atoms with Crippen LogP contribution in [0.25, 0.3) is 27.1 Å². The van der Waals surface area contributed by atoms with E-state index in [4.69, 9.17) is 15.2 Å². The van der Waals surface area contributed by atoms with E-state index < -0.39 is 6.09 Å². The van der Waals surface area contributed by atoms with Crippen LogP contribution in [0.15, 0.2) is 60.9 Å². The van der Waals surface area contributed by atoms with Gasteiger partial charge in [0.05, 0.1) is 17.9 Å². The number of hydrogen-bond acceptors (Lipinski definition) is 3. The lowest BCUT2D eigenvalue weighted by Crippen LogP contribution is -3.00. The van der Waals surface area contributed by atoms with Gasteiger partial charge in [0.15, 0.2) is 23.9 Å². The van der Waals surface area contributed by atoms with Crippen LogP contribution in [0.3, 0.4) is 0 Å². The second-order valence-electron chi connectivity index (χ2n) is 5.49. The molecule has 0 spiro atoms. The number of primary amides is 1. The molecule has 4 aromatic rings. The van der Waals surface area contributed by atoms with Crippen molar-refractivity contribution in [2.24, 2.45) is 5.73 Å². The highest BCUT2D eigenvalue weighted by atomic mass is 79.9. The second kappa shape index (κ2) is 6.57. The Hall–Kier alpha value is -2.86. The average Bonchev–Trinajstić information content (AvgIpc) is 2.60. The maximum Gasteiger partial charge on any atom is 0.410 e. The molecular formula is C19H15BrN2O3. The van der Waals surface area contributed by atoms with Crippen molar-refractivity contribution in [3.8, 4) is 11.5 Å². The quantitative estimate of drug-likeness (QED) is 0.298. The molecule has 2 aromatic heterocycles. The molecule has 0 aliphatic rings. The van der Waals surface area contributed by atoms with Crippen LogP contribution in [0.5, 0.6) is 11.5 Å². The summed E-state index contributed by atoms with van der Waals surface area (Å²) in [6.07, 6.45) is 3.02. The lowest BCUT2D eigenvalue weighted by atomic mass is 10.1. The van der Waals surface area contributed by atoms with Gasteiger partial charge in [0, 0.05) is 12.1 Å². The van der Waals surface area contributed by atoms with Crippen LogP contribution in [0.4, 0.5) is 4.79 Å². The van der Waals surface area contributed by atoms with E-state index in [1.807, 2.05) is 41.1 Å². The molecule has 0 radical (unpaired) electrons. The van der Waals surface area contributed by atoms with E-state index in [2.05, 4.69) is 18.2 Å². The minimum Gasteiger partial charge on any atom is -1.00 e. The molecule has 4 rings (SSSR count). The SMILES string of the molecule is COc1ccc2cc3c4ccccc4cc[n+]3cc2c1OC(N)=O.[Br-]. The van der Waals surface area contributed by atoms with E-state index in [1.165, 1.54) is 12.5 Å². The van der Waals surface area contributed by atoms with Crippen molar-refractivity contribution in [1.29, 1.82) is 0 Å². The van der Waals surface area contributed by atoms with Gasteiger partial charge in [-0.3, -0.25) is 0 Å². The van der Waals surface area contributed by atoms with Crippen LogP contribution < -0.4 is 36.6 Å². The Bertz CT molecular complexity index is 1110.